The fourth-order valence-corrected chi connectivity index (χ4v) is 4.29. The van der Waals surface area contributed by atoms with Crippen molar-refractivity contribution in [2.75, 3.05) is 25.0 Å². The van der Waals surface area contributed by atoms with E-state index in [1.807, 2.05) is 18.2 Å². The molecular weight excluding hydrogens is 405 g/mol. The number of aryl methyl sites for hydroxylation is 2. The Bertz CT molecular complexity index is 921. The summed E-state index contributed by atoms with van der Waals surface area (Å²) in [5.74, 6) is 0.902. The average molecular weight is 432 g/mol. The number of alkyl halides is 3. The lowest BCUT2D eigenvalue weighted by Gasteiger charge is -2.32. The van der Waals surface area contributed by atoms with Crippen LogP contribution in [0.1, 0.15) is 42.4 Å². The normalized spacial score (nSPS) is 17.8. The first-order valence-electron chi connectivity index (χ1n) is 10.8. The maximum absolute atomic E-state index is 12.8. The molecule has 31 heavy (non-hydrogen) atoms. The van der Waals surface area contributed by atoms with Crippen LogP contribution < -0.4 is 10.1 Å². The van der Waals surface area contributed by atoms with Crippen molar-refractivity contribution in [2.45, 2.75) is 50.8 Å². The number of benzene rings is 2. The third-order valence-electron chi connectivity index (χ3n) is 6.00. The molecule has 4 rings (SSSR count). The highest BCUT2D eigenvalue weighted by atomic mass is 19.4. The van der Waals surface area contributed by atoms with Crippen molar-refractivity contribution in [1.82, 2.24) is 4.90 Å². The number of nitrogens with one attached hydrogen (secondary N) is 1. The van der Waals surface area contributed by atoms with Crippen LogP contribution in [0, 0.1) is 0 Å². The number of carbonyl (C=O) groups excluding carboxylic acids is 1. The van der Waals surface area contributed by atoms with Gasteiger partial charge in [0.15, 0.2) is 0 Å². The summed E-state index contributed by atoms with van der Waals surface area (Å²) in [4.78, 5) is 13.8. The number of ether oxygens (including phenoxy) is 1. The number of hydrogen-bond acceptors (Lipinski definition) is 3. The summed E-state index contributed by atoms with van der Waals surface area (Å²) >= 11 is 0. The third-order valence-corrected chi connectivity index (χ3v) is 6.00. The number of likely N-dealkylation sites (tertiary alicyclic amines) is 1. The van der Waals surface area contributed by atoms with Gasteiger partial charge in [0.1, 0.15) is 11.9 Å². The molecule has 0 unspecified atom stereocenters. The van der Waals surface area contributed by atoms with Gasteiger partial charge in [-0.15, -0.1) is 0 Å². The van der Waals surface area contributed by atoms with E-state index >= 15 is 0 Å². The molecule has 2 aliphatic heterocycles. The lowest BCUT2D eigenvalue weighted by atomic mass is 10.0. The largest absolute Gasteiger partial charge is 0.490 e. The Morgan fingerprint density at radius 3 is 2.65 bits per heavy atom. The van der Waals surface area contributed by atoms with E-state index in [1.54, 1.807) is 6.07 Å². The quantitative estimate of drug-likeness (QED) is 0.693. The van der Waals surface area contributed by atoms with E-state index in [2.05, 4.69) is 10.2 Å². The van der Waals surface area contributed by atoms with E-state index in [0.29, 0.717) is 12.8 Å². The van der Waals surface area contributed by atoms with Crippen LogP contribution in [-0.4, -0.2) is 36.5 Å². The van der Waals surface area contributed by atoms with Crippen molar-refractivity contribution in [1.29, 1.82) is 0 Å². The van der Waals surface area contributed by atoms with Gasteiger partial charge in [0.05, 0.1) is 5.56 Å². The summed E-state index contributed by atoms with van der Waals surface area (Å²) in [5, 5.41) is 2.88. The monoisotopic (exact) mass is 432 g/mol. The number of piperidine rings is 1. The highest BCUT2D eigenvalue weighted by Gasteiger charge is 2.30. The Balaban J connectivity index is 1.20. The Morgan fingerprint density at radius 2 is 1.87 bits per heavy atom. The number of hydrogen-bond donors (Lipinski definition) is 1. The first kappa shape index (κ1) is 21.7. The molecule has 0 aliphatic carbocycles. The van der Waals surface area contributed by atoms with Gasteiger partial charge < -0.3 is 15.0 Å². The molecule has 1 saturated heterocycles. The number of amides is 1. The van der Waals surface area contributed by atoms with Gasteiger partial charge >= 0.3 is 6.18 Å². The molecular formula is C24H27F3N2O2. The predicted octanol–water partition coefficient (Wildman–Crippen LogP) is 5.07. The summed E-state index contributed by atoms with van der Waals surface area (Å²) in [7, 11) is 0. The highest BCUT2D eigenvalue weighted by Crippen LogP contribution is 2.30. The predicted molar refractivity (Wildman–Crippen MR) is 113 cm³/mol. The Labute approximate surface area is 180 Å². The molecule has 0 bridgehead atoms. The lowest BCUT2D eigenvalue weighted by molar-refractivity contribution is -0.137. The number of carbonyl (C=O) groups is 1. The van der Waals surface area contributed by atoms with E-state index in [0.717, 1.165) is 73.9 Å². The number of anilines is 1. The van der Waals surface area contributed by atoms with Crippen LogP contribution in [0.3, 0.4) is 0 Å². The summed E-state index contributed by atoms with van der Waals surface area (Å²) in [6, 6.07) is 11.5. The van der Waals surface area contributed by atoms with Gasteiger partial charge in [0, 0.05) is 25.2 Å². The zero-order valence-corrected chi connectivity index (χ0v) is 17.4. The van der Waals surface area contributed by atoms with Crippen molar-refractivity contribution in [3.63, 3.8) is 0 Å². The number of fused-ring (bicyclic) bond motifs is 1. The van der Waals surface area contributed by atoms with Gasteiger partial charge in [0.2, 0.25) is 5.91 Å². The number of nitrogens with zero attached hydrogens (tertiary/aromatic N) is 1. The summed E-state index contributed by atoms with van der Waals surface area (Å²) in [6.07, 6.45) is 0.461. The fraction of sp³-hybridized carbons (Fsp3) is 0.458. The maximum atomic E-state index is 12.8. The van der Waals surface area contributed by atoms with Crippen LogP contribution >= 0.6 is 0 Å². The molecule has 4 nitrogen and oxygen atoms in total. The van der Waals surface area contributed by atoms with Gasteiger partial charge in [-0.05, 0) is 74.0 Å². The first-order chi connectivity index (χ1) is 14.9. The molecule has 0 aromatic heterocycles. The molecule has 2 heterocycles. The van der Waals surface area contributed by atoms with Crippen LogP contribution in [0.5, 0.6) is 5.75 Å². The van der Waals surface area contributed by atoms with Crippen molar-refractivity contribution in [2.24, 2.45) is 0 Å². The molecule has 2 aromatic rings. The molecule has 7 heteroatoms. The maximum Gasteiger partial charge on any atom is 0.416 e. The van der Waals surface area contributed by atoms with E-state index in [9.17, 15) is 18.0 Å². The van der Waals surface area contributed by atoms with Crippen molar-refractivity contribution < 1.29 is 22.7 Å². The summed E-state index contributed by atoms with van der Waals surface area (Å²) < 4.78 is 44.7. The second kappa shape index (κ2) is 9.30. The Morgan fingerprint density at radius 1 is 1.06 bits per heavy atom. The van der Waals surface area contributed by atoms with Crippen molar-refractivity contribution >= 4 is 11.6 Å². The van der Waals surface area contributed by atoms with Gasteiger partial charge in [-0.1, -0.05) is 18.2 Å². The fourth-order valence-electron chi connectivity index (χ4n) is 4.29. The average Bonchev–Trinajstić information content (AvgIpc) is 2.75. The molecule has 0 spiro atoms. The van der Waals surface area contributed by atoms with E-state index in [1.165, 1.54) is 12.1 Å². The van der Waals surface area contributed by atoms with Crippen molar-refractivity contribution in [3.05, 3.63) is 59.2 Å². The number of halogens is 3. The standard InChI is InChI=1S/C24H27F3N2O2/c25-24(26,27)19-5-1-3-17(15-19)4-2-12-29-13-10-20(11-14-29)31-21-7-8-22-18(16-21)6-9-23(30)28-22/h1,3,5,7-8,15-16,20H,2,4,6,9-14H2,(H,28,30). The Hall–Kier alpha value is -2.54. The van der Waals surface area contributed by atoms with Crippen molar-refractivity contribution in [3.8, 4) is 5.75 Å². The molecule has 166 valence electrons. The minimum Gasteiger partial charge on any atom is -0.490 e. The molecule has 2 aromatic carbocycles. The molecule has 1 fully saturated rings. The van der Waals surface area contributed by atoms with Gasteiger partial charge in [0.25, 0.3) is 0 Å². The van der Waals surface area contributed by atoms with Crippen LogP contribution in [-0.2, 0) is 23.8 Å². The molecule has 2 aliphatic rings. The zero-order valence-electron chi connectivity index (χ0n) is 17.4. The smallest absolute Gasteiger partial charge is 0.416 e. The first-order valence-corrected chi connectivity index (χ1v) is 10.8. The van der Waals surface area contributed by atoms with Crippen LogP contribution in [0.15, 0.2) is 42.5 Å². The second-order valence-electron chi connectivity index (χ2n) is 8.33. The van der Waals surface area contributed by atoms with Crippen LogP contribution in [0.2, 0.25) is 0 Å². The van der Waals surface area contributed by atoms with Gasteiger partial charge in [-0.3, -0.25) is 4.79 Å². The Kier molecular flexibility index (Phi) is 6.51. The lowest BCUT2D eigenvalue weighted by Crippen LogP contribution is -2.38. The molecule has 1 N–H and O–H groups in total. The van der Waals surface area contributed by atoms with Crippen LogP contribution in [0.4, 0.5) is 18.9 Å². The minimum absolute atomic E-state index is 0.0570. The summed E-state index contributed by atoms with van der Waals surface area (Å²) in [6.45, 7) is 2.73. The highest BCUT2D eigenvalue weighted by molar-refractivity contribution is 5.93. The third kappa shape index (κ3) is 5.79. The molecule has 0 saturated carbocycles. The zero-order chi connectivity index (χ0) is 21.8. The topological polar surface area (TPSA) is 41.6 Å². The summed E-state index contributed by atoms with van der Waals surface area (Å²) in [5.41, 5.74) is 2.15. The van der Waals surface area contributed by atoms with E-state index < -0.39 is 11.7 Å². The molecule has 0 radical (unpaired) electrons. The van der Waals surface area contributed by atoms with E-state index in [4.69, 9.17) is 4.74 Å². The van der Waals surface area contributed by atoms with E-state index in [-0.39, 0.29) is 12.0 Å². The second-order valence-corrected chi connectivity index (χ2v) is 8.33. The SMILES string of the molecule is O=C1CCc2cc(OC3CCN(CCCc4cccc(C(F)(F)F)c4)CC3)ccc2N1. The van der Waals surface area contributed by atoms with Gasteiger partial charge in [-0.25, -0.2) is 0 Å². The van der Waals surface area contributed by atoms with Gasteiger partial charge in [-0.2, -0.15) is 13.2 Å². The number of rotatable bonds is 6. The van der Waals surface area contributed by atoms with Crippen LogP contribution in [0.25, 0.3) is 0 Å². The minimum atomic E-state index is -4.29. The molecule has 0 atom stereocenters. The molecule has 1 amide bonds.